The second-order valence-corrected chi connectivity index (χ2v) is 5.06. The third-order valence-corrected chi connectivity index (χ3v) is 3.96. The van der Waals surface area contributed by atoms with E-state index < -0.39 is 4.92 Å². The molecule has 1 heterocycles. The van der Waals surface area contributed by atoms with Crippen LogP contribution in [0.25, 0.3) is 11.0 Å². The van der Waals surface area contributed by atoms with Crippen LogP contribution in [-0.4, -0.2) is 33.1 Å². The van der Waals surface area contributed by atoms with Gasteiger partial charge in [0, 0.05) is 13.2 Å². The van der Waals surface area contributed by atoms with E-state index in [4.69, 9.17) is 4.74 Å². The molecule has 2 aromatic rings. The molecule has 0 bridgehead atoms. The third-order valence-electron chi connectivity index (χ3n) is 3.96. The second-order valence-electron chi connectivity index (χ2n) is 5.06. The van der Waals surface area contributed by atoms with Gasteiger partial charge in [0.05, 0.1) is 22.6 Å². The first-order valence-corrected chi connectivity index (χ1v) is 6.73. The Balaban J connectivity index is 2.08. The van der Waals surface area contributed by atoms with Crippen LogP contribution in [0.15, 0.2) is 18.2 Å². The normalized spacial score (nSPS) is 23.1. The zero-order valence-electron chi connectivity index (χ0n) is 11.2. The van der Waals surface area contributed by atoms with Crippen molar-refractivity contribution in [2.45, 2.75) is 37.8 Å². The van der Waals surface area contributed by atoms with Crippen LogP contribution >= 0.6 is 0 Å². The topological polar surface area (TPSA) is 83.1 Å². The second kappa shape index (κ2) is 5.16. The maximum atomic E-state index is 11.0. The molecule has 3 rings (SSSR count). The third kappa shape index (κ3) is 2.03. The van der Waals surface area contributed by atoms with Crippen molar-refractivity contribution in [3.63, 3.8) is 0 Å². The predicted octanol–water partition coefficient (Wildman–Crippen LogP) is 2.47. The number of methoxy groups -OCH3 is 1. The lowest BCUT2D eigenvalue weighted by Gasteiger charge is -2.30. The maximum absolute atomic E-state index is 11.0. The Labute approximate surface area is 115 Å². The smallest absolute Gasteiger partial charge is 0.299 e. The van der Waals surface area contributed by atoms with Crippen molar-refractivity contribution in [2.75, 3.05) is 7.11 Å². The highest BCUT2D eigenvalue weighted by atomic mass is 16.6. The molecule has 1 aliphatic carbocycles. The Bertz CT molecular complexity index is 640. The number of fused-ring (bicyclic) bond motifs is 1. The number of benzene rings is 1. The summed E-state index contributed by atoms with van der Waals surface area (Å²) in [6, 6.07) is 5.05. The van der Waals surface area contributed by atoms with Crippen LogP contribution in [0.2, 0.25) is 0 Å². The quantitative estimate of drug-likeness (QED) is 0.635. The molecule has 7 nitrogen and oxygen atoms in total. The Hall–Kier alpha value is -2.02. The molecule has 106 valence electrons. The maximum Gasteiger partial charge on any atom is 0.299 e. The fourth-order valence-corrected chi connectivity index (χ4v) is 2.97. The predicted molar refractivity (Wildman–Crippen MR) is 72.5 cm³/mol. The number of nitrogens with zero attached hydrogens (tertiary/aromatic N) is 4. The van der Waals surface area contributed by atoms with Crippen LogP contribution < -0.4 is 0 Å². The summed E-state index contributed by atoms with van der Waals surface area (Å²) in [5, 5.41) is 19.2. The zero-order valence-corrected chi connectivity index (χ0v) is 11.2. The lowest BCUT2D eigenvalue weighted by atomic mass is 9.92. The van der Waals surface area contributed by atoms with Gasteiger partial charge in [-0.3, -0.25) is 10.1 Å². The average molecular weight is 276 g/mol. The Kier molecular flexibility index (Phi) is 3.35. The van der Waals surface area contributed by atoms with Gasteiger partial charge in [0.1, 0.15) is 0 Å². The summed E-state index contributed by atoms with van der Waals surface area (Å²) in [4.78, 5) is 10.6. The van der Waals surface area contributed by atoms with E-state index >= 15 is 0 Å². The van der Waals surface area contributed by atoms with Crippen LogP contribution in [0.5, 0.6) is 0 Å². The lowest BCUT2D eigenvalue weighted by Crippen LogP contribution is -2.30. The van der Waals surface area contributed by atoms with E-state index in [-0.39, 0.29) is 17.8 Å². The number of nitro groups is 1. The molecule has 1 aliphatic rings. The molecule has 1 aromatic heterocycles. The standard InChI is InChI=1S/C13H16N4O3/c1-20-12-8-3-2-5-9(12)16-10-6-4-7-11(17(18)19)13(10)14-15-16/h4,6-7,9,12H,2-3,5,8H2,1H3. The first-order chi connectivity index (χ1) is 9.72. The molecule has 1 saturated carbocycles. The van der Waals surface area contributed by atoms with E-state index in [0.29, 0.717) is 11.0 Å². The van der Waals surface area contributed by atoms with E-state index in [1.54, 1.807) is 17.9 Å². The molecule has 0 radical (unpaired) electrons. The first kappa shape index (κ1) is 13.0. The average Bonchev–Trinajstić information content (AvgIpc) is 2.90. The highest BCUT2D eigenvalue weighted by molar-refractivity contribution is 5.83. The van der Waals surface area contributed by atoms with Gasteiger partial charge in [-0.05, 0) is 18.9 Å². The van der Waals surface area contributed by atoms with Crippen molar-refractivity contribution < 1.29 is 9.66 Å². The fraction of sp³-hybridized carbons (Fsp3) is 0.538. The molecule has 20 heavy (non-hydrogen) atoms. The van der Waals surface area contributed by atoms with Crippen LogP contribution in [0.1, 0.15) is 31.7 Å². The van der Waals surface area contributed by atoms with Crippen molar-refractivity contribution >= 4 is 16.7 Å². The molecule has 0 saturated heterocycles. The van der Waals surface area contributed by atoms with Crippen LogP contribution in [0.3, 0.4) is 0 Å². The number of nitro benzene ring substituents is 1. The van der Waals surface area contributed by atoms with Crippen LogP contribution in [0.4, 0.5) is 5.69 Å². The number of ether oxygens (including phenoxy) is 1. The van der Waals surface area contributed by atoms with Crippen molar-refractivity contribution in [3.05, 3.63) is 28.3 Å². The molecule has 2 atom stereocenters. The Morgan fingerprint density at radius 2 is 2.20 bits per heavy atom. The van der Waals surface area contributed by atoms with E-state index in [1.165, 1.54) is 6.07 Å². The molecule has 0 aliphatic heterocycles. The largest absolute Gasteiger partial charge is 0.379 e. The minimum atomic E-state index is -0.421. The molecule has 2 unspecified atom stereocenters. The lowest BCUT2D eigenvalue weighted by molar-refractivity contribution is -0.383. The van der Waals surface area contributed by atoms with Crippen LogP contribution in [-0.2, 0) is 4.74 Å². The van der Waals surface area contributed by atoms with E-state index in [9.17, 15) is 10.1 Å². The molecule has 0 spiro atoms. The molecule has 1 fully saturated rings. The summed E-state index contributed by atoms with van der Waals surface area (Å²) in [5.41, 5.74) is 1.05. The van der Waals surface area contributed by atoms with E-state index in [1.807, 2.05) is 6.07 Å². The van der Waals surface area contributed by atoms with E-state index in [2.05, 4.69) is 10.3 Å². The highest BCUT2D eigenvalue weighted by Gasteiger charge is 2.29. The molecule has 0 amide bonds. The molecule has 0 N–H and O–H groups in total. The van der Waals surface area contributed by atoms with Crippen molar-refractivity contribution in [2.24, 2.45) is 0 Å². The zero-order chi connectivity index (χ0) is 14.1. The first-order valence-electron chi connectivity index (χ1n) is 6.73. The van der Waals surface area contributed by atoms with Crippen molar-refractivity contribution in [1.82, 2.24) is 15.0 Å². The van der Waals surface area contributed by atoms with Gasteiger partial charge >= 0.3 is 0 Å². The number of non-ortho nitro benzene ring substituents is 1. The number of aromatic nitrogens is 3. The van der Waals surface area contributed by atoms with Crippen molar-refractivity contribution in [3.8, 4) is 0 Å². The minimum Gasteiger partial charge on any atom is -0.379 e. The van der Waals surface area contributed by atoms with Crippen molar-refractivity contribution in [1.29, 1.82) is 0 Å². The molecule has 7 heteroatoms. The van der Waals surface area contributed by atoms with Gasteiger partial charge in [-0.25, -0.2) is 4.68 Å². The summed E-state index contributed by atoms with van der Waals surface area (Å²) in [6.07, 6.45) is 4.28. The SMILES string of the molecule is COC1CCCCC1n1nnc2c([N+](=O)[O-])cccc21. The summed E-state index contributed by atoms with van der Waals surface area (Å²) in [7, 11) is 1.70. The summed E-state index contributed by atoms with van der Waals surface area (Å²) in [5.74, 6) is 0. The number of hydrogen-bond acceptors (Lipinski definition) is 5. The molecular formula is C13H16N4O3. The van der Waals surface area contributed by atoms with Gasteiger partial charge < -0.3 is 4.74 Å². The van der Waals surface area contributed by atoms with Gasteiger partial charge in [-0.15, -0.1) is 5.10 Å². The fourth-order valence-electron chi connectivity index (χ4n) is 2.97. The van der Waals surface area contributed by atoms with Gasteiger partial charge in [-0.2, -0.15) is 0 Å². The number of hydrogen-bond donors (Lipinski definition) is 0. The van der Waals surface area contributed by atoms with Gasteiger partial charge in [0.15, 0.2) is 5.52 Å². The summed E-state index contributed by atoms with van der Waals surface area (Å²) in [6.45, 7) is 0. The van der Waals surface area contributed by atoms with Gasteiger partial charge in [0.2, 0.25) is 0 Å². The number of rotatable bonds is 3. The summed E-state index contributed by atoms with van der Waals surface area (Å²) < 4.78 is 7.32. The van der Waals surface area contributed by atoms with E-state index in [0.717, 1.165) is 25.7 Å². The van der Waals surface area contributed by atoms with Gasteiger partial charge in [0.25, 0.3) is 5.69 Å². The minimum absolute atomic E-state index is 0.00136. The Morgan fingerprint density at radius 3 is 2.95 bits per heavy atom. The Morgan fingerprint density at radius 1 is 1.40 bits per heavy atom. The van der Waals surface area contributed by atoms with Crippen LogP contribution in [0, 0.1) is 10.1 Å². The monoisotopic (exact) mass is 276 g/mol. The molecular weight excluding hydrogens is 260 g/mol. The van der Waals surface area contributed by atoms with Gasteiger partial charge in [-0.1, -0.05) is 24.1 Å². The highest BCUT2D eigenvalue weighted by Crippen LogP contribution is 2.33. The summed E-state index contributed by atoms with van der Waals surface area (Å²) >= 11 is 0. The molecule has 1 aromatic carbocycles.